The molecule has 0 heterocycles. The van der Waals surface area contributed by atoms with Crippen LogP contribution in [0.3, 0.4) is 0 Å². The number of benzene rings is 2. The molecule has 0 aromatic heterocycles. The second-order valence-electron chi connectivity index (χ2n) is 5.05. The molecule has 2 nitrogen and oxygen atoms in total. The molecule has 2 atom stereocenters. The Balaban J connectivity index is 1.93. The SMILES string of the molecule is CC(Cc1ccccc1)C(N)C(=S)Nc1ccccc1. The first-order valence-corrected chi connectivity index (χ1v) is 7.23. The van der Waals surface area contributed by atoms with Crippen LogP contribution in [0.1, 0.15) is 12.5 Å². The largest absolute Gasteiger partial charge is 0.349 e. The average Bonchev–Trinajstić information content (AvgIpc) is 2.48. The normalized spacial score (nSPS) is 13.5. The standard InChI is InChI=1S/C17H20N2S/c1-13(12-14-8-4-2-5-9-14)16(18)17(20)19-15-10-6-3-7-11-15/h2-11,13,16H,12,18H2,1H3,(H,19,20). The van der Waals surface area contributed by atoms with Crippen molar-refractivity contribution < 1.29 is 0 Å². The van der Waals surface area contributed by atoms with E-state index < -0.39 is 0 Å². The van der Waals surface area contributed by atoms with Gasteiger partial charge in [-0.2, -0.15) is 0 Å². The highest BCUT2D eigenvalue weighted by Crippen LogP contribution is 2.14. The van der Waals surface area contributed by atoms with E-state index in [4.69, 9.17) is 18.0 Å². The van der Waals surface area contributed by atoms with E-state index in [9.17, 15) is 0 Å². The van der Waals surface area contributed by atoms with Crippen LogP contribution in [0, 0.1) is 5.92 Å². The van der Waals surface area contributed by atoms with Crippen LogP contribution < -0.4 is 11.1 Å². The number of para-hydroxylation sites is 1. The highest BCUT2D eigenvalue weighted by Gasteiger charge is 2.17. The van der Waals surface area contributed by atoms with Gasteiger partial charge >= 0.3 is 0 Å². The maximum absolute atomic E-state index is 6.25. The summed E-state index contributed by atoms with van der Waals surface area (Å²) in [4.78, 5) is 0.694. The molecule has 0 saturated heterocycles. The molecule has 0 saturated carbocycles. The van der Waals surface area contributed by atoms with E-state index in [1.54, 1.807) is 0 Å². The number of nitrogens with one attached hydrogen (secondary N) is 1. The predicted molar refractivity (Wildman–Crippen MR) is 89.9 cm³/mol. The van der Waals surface area contributed by atoms with Crippen LogP contribution in [-0.2, 0) is 6.42 Å². The monoisotopic (exact) mass is 284 g/mol. The lowest BCUT2D eigenvalue weighted by Gasteiger charge is -2.22. The molecule has 2 aromatic rings. The first kappa shape index (κ1) is 14.7. The molecular weight excluding hydrogens is 264 g/mol. The van der Waals surface area contributed by atoms with Gasteiger partial charge in [-0.15, -0.1) is 0 Å². The summed E-state index contributed by atoms with van der Waals surface area (Å²) in [6, 6.07) is 20.1. The fourth-order valence-electron chi connectivity index (χ4n) is 2.12. The Hall–Kier alpha value is -1.71. The van der Waals surface area contributed by atoms with Crippen molar-refractivity contribution in [2.45, 2.75) is 19.4 Å². The third kappa shape index (κ3) is 4.15. The minimum Gasteiger partial charge on any atom is -0.349 e. The van der Waals surface area contributed by atoms with Crippen molar-refractivity contribution in [3.63, 3.8) is 0 Å². The number of rotatable bonds is 5. The fraction of sp³-hybridized carbons (Fsp3) is 0.235. The van der Waals surface area contributed by atoms with Crippen LogP contribution in [0.2, 0.25) is 0 Å². The number of thiocarbonyl (C=S) groups is 1. The molecule has 0 fully saturated rings. The summed E-state index contributed by atoms with van der Waals surface area (Å²) in [7, 11) is 0. The molecule has 20 heavy (non-hydrogen) atoms. The summed E-state index contributed by atoms with van der Waals surface area (Å²) >= 11 is 5.42. The summed E-state index contributed by atoms with van der Waals surface area (Å²) in [5, 5.41) is 3.21. The molecule has 3 heteroatoms. The molecule has 0 bridgehead atoms. The minimum atomic E-state index is -0.148. The molecule has 0 aliphatic carbocycles. The van der Waals surface area contributed by atoms with E-state index in [0.29, 0.717) is 10.9 Å². The zero-order valence-electron chi connectivity index (χ0n) is 11.6. The number of anilines is 1. The van der Waals surface area contributed by atoms with Crippen molar-refractivity contribution in [1.29, 1.82) is 0 Å². The van der Waals surface area contributed by atoms with Gasteiger partial charge in [0.1, 0.15) is 0 Å². The topological polar surface area (TPSA) is 38.0 Å². The third-order valence-electron chi connectivity index (χ3n) is 3.36. The van der Waals surface area contributed by atoms with Crippen molar-refractivity contribution in [2.75, 3.05) is 5.32 Å². The summed E-state index contributed by atoms with van der Waals surface area (Å²) < 4.78 is 0. The third-order valence-corrected chi connectivity index (χ3v) is 3.73. The van der Waals surface area contributed by atoms with Gasteiger partial charge in [-0.3, -0.25) is 0 Å². The van der Waals surface area contributed by atoms with E-state index in [1.807, 2.05) is 48.5 Å². The van der Waals surface area contributed by atoms with Gasteiger partial charge in [0.05, 0.1) is 11.0 Å². The number of hydrogen-bond acceptors (Lipinski definition) is 2. The molecule has 0 aliphatic heterocycles. The molecule has 0 radical (unpaired) electrons. The Bertz CT molecular complexity index is 539. The Morgan fingerprint density at radius 1 is 1.05 bits per heavy atom. The van der Waals surface area contributed by atoms with Crippen LogP contribution in [0.5, 0.6) is 0 Å². The van der Waals surface area contributed by atoms with Gasteiger partial charge in [0.15, 0.2) is 0 Å². The second-order valence-corrected chi connectivity index (χ2v) is 5.49. The maximum Gasteiger partial charge on any atom is 0.0970 e. The number of hydrogen-bond donors (Lipinski definition) is 2. The van der Waals surface area contributed by atoms with Crippen LogP contribution in [-0.4, -0.2) is 11.0 Å². The van der Waals surface area contributed by atoms with Gasteiger partial charge < -0.3 is 11.1 Å². The molecule has 0 spiro atoms. The number of nitrogens with two attached hydrogens (primary N) is 1. The van der Waals surface area contributed by atoms with Gasteiger partial charge in [0, 0.05) is 5.69 Å². The Labute approximate surface area is 126 Å². The summed E-state index contributed by atoms with van der Waals surface area (Å²) in [5.74, 6) is 0.293. The van der Waals surface area contributed by atoms with Crippen molar-refractivity contribution in [2.24, 2.45) is 11.7 Å². The van der Waals surface area contributed by atoms with Crippen LogP contribution in [0.4, 0.5) is 5.69 Å². The van der Waals surface area contributed by atoms with Gasteiger partial charge in [-0.25, -0.2) is 0 Å². The van der Waals surface area contributed by atoms with Gasteiger partial charge in [0.2, 0.25) is 0 Å². The lowest BCUT2D eigenvalue weighted by Crippen LogP contribution is -2.40. The predicted octanol–water partition coefficient (Wildman–Crippen LogP) is 3.63. The lowest BCUT2D eigenvalue weighted by molar-refractivity contribution is 0.539. The van der Waals surface area contributed by atoms with E-state index in [2.05, 4.69) is 24.4 Å². The van der Waals surface area contributed by atoms with Crippen LogP contribution >= 0.6 is 12.2 Å². The molecule has 3 N–H and O–H groups in total. The van der Waals surface area contributed by atoms with Gasteiger partial charge in [0.25, 0.3) is 0 Å². The van der Waals surface area contributed by atoms with Crippen LogP contribution in [0.15, 0.2) is 60.7 Å². The smallest absolute Gasteiger partial charge is 0.0970 e. The highest BCUT2D eigenvalue weighted by atomic mass is 32.1. The Morgan fingerprint density at radius 2 is 1.60 bits per heavy atom. The molecule has 2 rings (SSSR count). The van der Waals surface area contributed by atoms with Crippen molar-refractivity contribution in [3.05, 3.63) is 66.2 Å². The summed E-state index contributed by atoms with van der Waals surface area (Å²) in [5.41, 5.74) is 8.53. The lowest BCUT2D eigenvalue weighted by atomic mass is 9.94. The zero-order valence-corrected chi connectivity index (χ0v) is 12.4. The second kappa shape index (κ2) is 7.17. The van der Waals surface area contributed by atoms with Gasteiger partial charge in [-0.05, 0) is 30.0 Å². The Morgan fingerprint density at radius 3 is 2.20 bits per heavy atom. The van der Waals surface area contributed by atoms with E-state index in [1.165, 1.54) is 5.56 Å². The molecule has 0 amide bonds. The van der Waals surface area contributed by atoms with E-state index in [-0.39, 0.29) is 6.04 Å². The minimum absolute atomic E-state index is 0.148. The molecule has 104 valence electrons. The van der Waals surface area contributed by atoms with Crippen molar-refractivity contribution in [3.8, 4) is 0 Å². The van der Waals surface area contributed by atoms with E-state index >= 15 is 0 Å². The van der Waals surface area contributed by atoms with Crippen LogP contribution in [0.25, 0.3) is 0 Å². The first-order chi connectivity index (χ1) is 9.66. The summed E-state index contributed by atoms with van der Waals surface area (Å²) in [6.07, 6.45) is 0.929. The molecule has 2 unspecified atom stereocenters. The average molecular weight is 284 g/mol. The first-order valence-electron chi connectivity index (χ1n) is 6.82. The molecule has 2 aromatic carbocycles. The highest BCUT2D eigenvalue weighted by molar-refractivity contribution is 7.80. The van der Waals surface area contributed by atoms with Crippen molar-refractivity contribution >= 4 is 22.9 Å². The fourth-order valence-corrected chi connectivity index (χ4v) is 2.47. The zero-order chi connectivity index (χ0) is 14.4. The summed E-state index contributed by atoms with van der Waals surface area (Å²) in [6.45, 7) is 2.14. The van der Waals surface area contributed by atoms with Gasteiger partial charge in [-0.1, -0.05) is 67.7 Å². The molecular formula is C17H20N2S. The van der Waals surface area contributed by atoms with E-state index in [0.717, 1.165) is 12.1 Å². The maximum atomic E-state index is 6.25. The van der Waals surface area contributed by atoms with Crippen molar-refractivity contribution in [1.82, 2.24) is 0 Å². The quantitative estimate of drug-likeness (QED) is 0.823. The Kier molecular flexibility index (Phi) is 5.27. The molecule has 0 aliphatic rings.